The first-order valence-corrected chi connectivity index (χ1v) is 6.47. The van der Waals surface area contributed by atoms with Gasteiger partial charge in [-0.3, -0.25) is 0 Å². The second-order valence-corrected chi connectivity index (χ2v) is 4.69. The third-order valence-electron chi connectivity index (χ3n) is 3.38. The molecule has 4 nitrogen and oxygen atoms in total. The van der Waals surface area contributed by atoms with Crippen LogP contribution in [0.5, 0.6) is 0 Å². The smallest absolute Gasteiger partial charge is 0.410 e. The topological polar surface area (TPSA) is 41.6 Å². The minimum absolute atomic E-state index is 0. The lowest BCUT2D eigenvalue weighted by atomic mass is 10.0. The third kappa shape index (κ3) is 4.35. The van der Waals surface area contributed by atoms with Crippen LogP contribution in [0, 0.1) is 0 Å². The number of benzene rings is 1. The lowest BCUT2D eigenvalue weighted by molar-refractivity contribution is 0.0617. The van der Waals surface area contributed by atoms with E-state index < -0.39 is 12.3 Å². The molecule has 1 aliphatic heterocycles. The number of carbonyl (C=O) groups excluding carboxylic acids is 1. The van der Waals surface area contributed by atoms with Crippen molar-refractivity contribution in [3.63, 3.8) is 0 Å². The summed E-state index contributed by atoms with van der Waals surface area (Å²) in [6.45, 7) is 0.848. The first-order valence-electron chi connectivity index (χ1n) is 6.47. The van der Waals surface area contributed by atoms with E-state index in [1.807, 2.05) is 30.3 Å². The molecule has 2 rings (SSSR count). The summed E-state index contributed by atoms with van der Waals surface area (Å²) in [5.41, 5.74) is 0.928. The van der Waals surface area contributed by atoms with Crippen molar-refractivity contribution in [1.29, 1.82) is 0 Å². The lowest BCUT2D eigenvalue weighted by Crippen LogP contribution is -2.51. The summed E-state index contributed by atoms with van der Waals surface area (Å²) in [5, 5.41) is 2.92. The summed E-state index contributed by atoms with van der Waals surface area (Å²) in [6.07, 6.45) is -0.873. The zero-order valence-corrected chi connectivity index (χ0v) is 12.2. The molecule has 1 N–H and O–H groups in total. The summed E-state index contributed by atoms with van der Waals surface area (Å²) < 4.78 is 18.9. The minimum Gasteiger partial charge on any atom is -0.445 e. The van der Waals surface area contributed by atoms with Crippen LogP contribution in [0.1, 0.15) is 12.0 Å². The SMILES string of the molecule is CN[C@H]1CCN(C(=O)OCc2ccccc2)C[C@@H]1F.Cl. The van der Waals surface area contributed by atoms with E-state index >= 15 is 0 Å². The van der Waals surface area contributed by atoms with Crippen molar-refractivity contribution >= 4 is 18.5 Å². The number of alkyl halides is 1. The second kappa shape index (κ2) is 8.07. The van der Waals surface area contributed by atoms with Crippen molar-refractivity contribution < 1.29 is 13.9 Å². The standard InChI is InChI=1S/C14H19FN2O2.ClH/c1-16-13-7-8-17(9-12(13)15)14(18)19-10-11-5-3-2-4-6-11;/h2-6,12-13,16H,7-10H2,1H3;1H/t12-,13-;/m0./s1. The number of piperidine rings is 1. The van der Waals surface area contributed by atoms with Crippen molar-refractivity contribution in [2.75, 3.05) is 20.1 Å². The quantitative estimate of drug-likeness (QED) is 0.932. The second-order valence-electron chi connectivity index (χ2n) is 4.69. The number of hydrogen-bond acceptors (Lipinski definition) is 3. The van der Waals surface area contributed by atoms with Crippen molar-refractivity contribution in [2.24, 2.45) is 0 Å². The Hall–Kier alpha value is -1.33. The minimum atomic E-state index is -1.04. The van der Waals surface area contributed by atoms with Crippen molar-refractivity contribution in [3.05, 3.63) is 35.9 Å². The van der Waals surface area contributed by atoms with Crippen LogP contribution in [-0.2, 0) is 11.3 Å². The maximum Gasteiger partial charge on any atom is 0.410 e. The van der Waals surface area contributed by atoms with E-state index in [1.54, 1.807) is 7.05 Å². The van der Waals surface area contributed by atoms with Gasteiger partial charge >= 0.3 is 6.09 Å². The van der Waals surface area contributed by atoms with E-state index in [2.05, 4.69) is 5.32 Å². The number of amides is 1. The van der Waals surface area contributed by atoms with Crippen molar-refractivity contribution in [3.8, 4) is 0 Å². The van der Waals surface area contributed by atoms with E-state index in [0.717, 1.165) is 5.56 Å². The molecule has 0 saturated carbocycles. The Balaban J connectivity index is 0.00000200. The molecule has 0 aromatic heterocycles. The number of ether oxygens (including phenoxy) is 1. The highest BCUT2D eigenvalue weighted by atomic mass is 35.5. The zero-order chi connectivity index (χ0) is 13.7. The summed E-state index contributed by atoms with van der Waals surface area (Å²) in [5.74, 6) is 0. The number of nitrogens with zero attached hydrogens (tertiary/aromatic N) is 1. The predicted molar refractivity (Wildman–Crippen MR) is 77.8 cm³/mol. The molecule has 0 bridgehead atoms. The van der Waals surface area contributed by atoms with Crippen LogP contribution in [0.2, 0.25) is 0 Å². The maximum absolute atomic E-state index is 13.7. The van der Waals surface area contributed by atoms with Gasteiger partial charge in [-0.05, 0) is 19.0 Å². The fourth-order valence-corrected chi connectivity index (χ4v) is 2.21. The van der Waals surface area contributed by atoms with Gasteiger partial charge in [-0.15, -0.1) is 12.4 Å². The molecule has 112 valence electrons. The molecule has 6 heteroatoms. The first-order chi connectivity index (χ1) is 9.20. The molecular formula is C14H20ClFN2O2. The average molecular weight is 303 g/mol. The average Bonchev–Trinajstić information content (AvgIpc) is 2.45. The van der Waals surface area contributed by atoms with E-state index in [9.17, 15) is 9.18 Å². The number of rotatable bonds is 3. The molecule has 20 heavy (non-hydrogen) atoms. The Morgan fingerprint density at radius 3 is 2.75 bits per heavy atom. The number of halogens is 2. The first kappa shape index (κ1) is 16.7. The molecule has 1 aromatic rings. The van der Waals surface area contributed by atoms with Crippen LogP contribution in [0.25, 0.3) is 0 Å². The Bertz CT molecular complexity index is 419. The van der Waals surface area contributed by atoms with Crippen LogP contribution >= 0.6 is 12.4 Å². The molecule has 0 aliphatic carbocycles. The van der Waals surface area contributed by atoms with E-state index in [4.69, 9.17) is 4.74 Å². The molecule has 0 radical (unpaired) electrons. The molecule has 2 atom stereocenters. The maximum atomic E-state index is 13.7. The highest BCUT2D eigenvalue weighted by Crippen LogP contribution is 2.15. The van der Waals surface area contributed by atoms with Gasteiger partial charge in [0.2, 0.25) is 0 Å². The van der Waals surface area contributed by atoms with Gasteiger partial charge in [-0.1, -0.05) is 30.3 Å². The zero-order valence-electron chi connectivity index (χ0n) is 11.4. The largest absolute Gasteiger partial charge is 0.445 e. The Kier molecular flexibility index (Phi) is 6.75. The molecule has 1 saturated heterocycles. The van der Waals surface area contributed by atoms with E-state index in [-0.39, 0.29) is 31.6 Å². The summed E-state index contributed by atoms with van der Waals surface area (Å²) >= 11 is 0. The van der Waals surface area contributed by atoms with Crippen LogP contribution in [0.15, 0.2) is 30.3 Å². The van der Waals surface area contributed by atoms with Gasteiger partial charge in [0, 0.05) is 12.6 Å². The molecule has 0 unspecified atom stereocenters. The molecule has 1 amide bonds. The van der Waals surface area contributed by atoms with Crippen LogP contribution in [0.4, 0.5) is 9.18 Å². The number of hydrogen-bond donors (Lipinski definition) is 1. The van der Waals surface area contributed by atoms with Gasteiger partial charge in [0.25, 0.3) is 0 Å². The molecule has 1 aliphatic rings. The summed E-state index contributed by atoms with van der Waals surface area (Å²) in [6, 6.07) is 9.29. The molecular weight excluding hydrogens is 283 g/mol. The predicted octanol–water partition coefficient (Wildman–Crippen LogP) is 2.38. The van der Waals surface area contributed by atoms with E-state index in [1.165, 1.54) is 4.90 Å². The number of carbonyl (C=O) groups is 1. The third-order valence-corrected chi connectivity index (χ3v) is 3.38. The summed E-state index contributed by atoms with van der Waals surface area (Å²) in [7, 11) is 1.74. The van der Waals surface area contributed by atoms with Crippen molar-refractivity contribution in [2.45, 2.75) is 25.2 Å². The van der Waals surface area contributed by atoms with Gasteiger partial charge in [0.05, 0.1) is 6.54 Å². The summed E-state index contributed by atoms with van der Waals surface area (Å²) in [4.78, 5) is 13.3. The Morgan fingerprint density at radius 2 is 2.15 bits per heavy atom. The molecule has 1 fully saturated rings. The van der Waals surface area contributed by atoms with Crippen molar-refractivity contribution in [1.82, 2.24) is 10.2 Å². The lowest BCUT2D eigenvalue weighted by Gasteiger charge is -2.33. The molecule has 0 spiro atoms. The van der Waals surface area contributed by atoms with Crippen LogP contribution in [0.3, 0.4) is 0 Å². The van der Waals surface area contributed by atoms with Gasteiger partial charge in [-0.2, -0.15) is 0 Å². The fourth-order valence-electron chi connectivity index (χ4n) is 2.21. The highest BCUT2D eigenvalue weighted by molar-refractivity contribution is 5.85. The highest BCUT2D eigenvalue weighted by Gasteiger charge is 2.31. The Labute approximate surface area is 124 Å². The van der Waals surface area contributed by atoms with Gasteiger partial charge in [-0.25, -0.2) is 9.18 Å². The fraction of sp³-hybridized carbons (Fsp3) is 0.500. The van der Waals surface area contributed by atoms with Gasteiger partial charge in [0.15, 0.2) is 0 Å². The monoisotopic (exact) mass is 302 g/mol. The number of nitrogens with one attached hydrogen (secondary N) is 1. The van der Waals surface area contributed by atoms with Gasteiger partial charge < -0.3 is 15.0 Å². The normalized spacial score (nSPS) is 22.0. The Morgan fingerprint density at radius 1 is 1.45 bits per heavy atom. The molecule has 1 aromatic carbocycles. The van der Waals surface area contributed by atoms with E-state index in [0.29, 0.717) is 13.0 Å². The van der Waals surface area contributed by atoms with Crippen LogP contribution in [-0.4, -0.2) is 43.3 Å². The molecule has 1 heterocycles. The van der Waals surface area contributed by atoms with Crippen LogP contribution < -0.4 is 5.32 Å². The number of likely N-dealkylation sites (tertiary alicyclic amines) is 1. The van der Waals surface area contributed by atoms with Gasteiger partial charge in [0.1, 0.15) is 12.8 Å².